The number of hydrogen-bond acceptors (Lipinski definition) is 2. The smallest absolute Gasteiger partial charge is 0.107 e. The van der Waals surface area contributed by atoms with Crippen LogP contribution < -0.4 is 0 Å². The fraction of sp³-hybridized carbons (Fsp3) is 0.462. The molecule has 1 aliphatic rings. The third-order valence-corrected chi connectivity index (χ3v) is 6.08. The van der Waals surface area contributed by atoms with Crippen molar-refractivity contribution in [2.24, 2.45) is 0 Å². The van der Waals surface area contributed by atoms with Crippen LogP contribution in [0.1, 0.15) is 82.2 Å². The molecule has 0 radical (unpaired) electrons. The molecule has 0 fully saturated rings. The fourth-order valence-corrected chi connectivity index (χ4v) is 3.81. The van der Waals surface area contributed by atoms with Gasteiger partial charge in [0.1, 0.15) is 6.61 Å². The van der Waals surface area contributed by atoms with E-state index in [0.29, 0.717) is 10.8 Å². The summed E-state index contributed by atoms with van der Waals surface area (Å²) in [7, 11) is 0. The first-order chi connectivity index (χ1) is 13.1. The molecule has 1 aliphatic carbocycles. The van der Waals surface area contributed by atoms with Crippen LogP contribution in [0.15, 0.2) is 48.5 Å². The Bertz CT molecular complexity index is 811. The summed E-state index contributed by atoms with van der Waals surface area (Å²) >= 11 is 0. The third kappa shape index (κ3) is 5.33. The first-order valence-corrected chi connectivity index (χ1v) is 10.2. The molecule has 28 heavy (non-hydrogen) atoms. The maximum Gasteiger partial charge on any atom is 0.107 e. The molecule has 152 valence electrons. The zero-order valence-corrected chi connectivity index (χ0v) is 18.6. The Morgan fingerprint density at radius 1 is 0.964 bits per heavy atom. The average molecular weight is 381 g/mol. The van der Waals surface area contributed by atoms with Crippen molar-refractivity contribution in [2.45, 2.75) is 78.7 Å². The van der Waals surface area contributed by atoms with Crippen LogP contribution in [-0.2, 0) is 22.3 Å². The van der Waals surface area contributed by atoms with Crippen molar-refractivity contribution in [1.29, 1.82) is 0 Å². The van der Waals surface area contributed by atoms with Crippen LogP contribution >= 0.6 is 0 Å². The van der Waals surface area contributed by atoms with Crippen LogP contribution in [-0.4, -0.2) is 5.26 Å². The molecule has 0 saturated heterocycles. The fourth-order valence-electron chi connectivity index (χ4n) is 3.81. The number of rotatable bonds is 3. The van der Waals surface area contributed by atoms with Gasteiger partial charge in [0, 0.05) is 0 Å². The van der Waals surface area contributed by atoms with Gasteiger partial charge in [0.15, 0.2) is 0 Å². The van der Waals surface area contributed by atoms with E-state index in [2.05, 4.69) is 70.7 Å². The molecule has 0 bridgehead atoms. The molecule has 0 spiro atoms. The number of fused-ring (bicyclic) bond motifs is 1. The first kappa shape index (κ1) is 22.4. The monoisotopic (exact) mass is 380 g/mol. The van der Waals surface area contributed by atoms with Gasteiger partial charge >= 0.3 is 0 Å². The standard InChI is InChI=1S/C15H22.C11H14O2/c1-11-6-7-12-13(10-11)15(4,5)9-8-14(12,2)3;1-3-9(2)11-6-4-10(5-7-11)8-13-12/h6-7,10H,8-9H2,1-5H3;3-7,12H,8H2,1-2H3/b;9-3-. The quantitative estimate of drug-likeness (QED) is 0.443. The van der Waals surface area contributed by atoms with Crippen LogP contribution in [0, 0.1) is 6.92 Å². The lowest BCUT2D eigenvalue weighted by Crippen LogP contribution is -2.33. The molecule has 0 saturated carbocycles. The molecule has 0 unspecified atom stereocenters. The van der Waals surface area contributed by atoms with Crippen LogP contribution in [0.4, 0.5) is 0 Å². The Hall–Kier alpha value is -1.90. The maximum absolute atomic E-state index is 8.23. The van der Waals surface area contributed by atoms with E-state index in [1.165, 1.54) is 29.5 Å². The van der Waals surface area contributed by atoms with Gasteiger partial charge in [-0.05, 0) is 72.3 Å². The Labute approximate surface area is 171 Å². The van der Waals surface area contributed by atoms with E-state index in [-0.39, 0.29) is 6.61 Å². The van der Waals surface area contributed by atoms with Gasteiger partial charge in [-0.3, -0.25) is 5.26 Å². The van der Waals surface area contributed by atoms with E-state index in [0.717, 1.165) is 5.56 Å². The Kier molecular flexibility index (Phi) is 7.25. The largest absolute Gasteiger partial charge is 0.251 e. The van der Waals surface area contributed by atoms with E-state index in [1.54, 1.807) is 11.1 Å². The van der Waals surface area contributed by atoms with Crippen molar-refractivity contribution in [3.8, 4) is 0 Å². The molecule has 2 heteroatoms. The molecule has 0 atom stereocenters. The van der Waals surface area contributed by atoms with Gasteiger partial charge in [-0.1, -0.05) is 81.8 Å². The molecule has 2 nitrogen and oxygen atoms in total. The number of hydrogen-bond donors (Lipinski definition) is 1. The molecule has 1 N–H and O–H groups in total. The summed E-state index contributed by atoms with van der Waals surface area (Å²) in [6.45, 7) is 16.0. The Balaban J connectivity index is 0.000000203. The van der Waals surface area contributed by atoms with Gasteiger partial charge in [-0.25, -0.2) is 4.89 Å². The molecule has 3 rings (SSSR count). The topological polar surface area (TPSA) is 29.5 Å². The van der Waals surface area contributed by atoms with Crippen molar-refractivity contribution in [1.82, 2.24) is 0 Å². The van der Waals surface area contributed by atoms with E-state index in [1.807, 2.05) is 31.2 Å². The van der Waals surface area contributed by atoms with Gasteiger partial charge in [0.05, 0.1) is 0 Å². The lowest BCUT2D eigenvalue weighted by molar-refractivity contribution is -0.253. The van der Waals surface area contributed by atoms with Crippen molar-refractivity contribution in [3.63, 3.8) is 0 Å². The number of benzene rings is 2. The Morgan fingerprint density at radius 2 is 1.54 bits per heavy atom. The minimum Gasteiger partial charge on any atom is -0.251 e. The summed E-state index contributed by atoms with van der Waals surface area (Å²) in [6.07, 6.45) is 4.67. The van der Waals surface area contributed by atoms with Gasteiger partial charge in [-0.2, -0.15) is 0 Å². The maximum atomic E-state index is 8.23. The van der Waals surface area contributed by atoms with E-state index in [4.69, 9.17) is 5.26 Å². The zero-order valence-electron chi connectivity index (χ0n) is 18.6. The average Bonchev–Trinajstić information content (AvgIpc) is 2.66. The lowest BCUT2D eigenvalue weighted by Gasteiger charge is -2.42. The highest BCUT2D eigenvalue weighted by atomic mass is 17.1. The van der Waals surface area contributed by atoms with Crippen LogP contribution in [0.5, 0.6) is 0 Å². The highest BCUT2D eigenvalue weighted by Gasteiger charge is 2.36. The lowest BCUT2D eigenvalue weighted by atomic mass is 9.63. The van der Waals surface area contributed by atoms with Gasteiger partial charge in [0.2, 0.25) is 0 Å². The van der Waals surface area contributed by atoms with Gasteiger partial charge in [-0.15, -0.1) is 0 Å². The van der Waals surface area contributed by atoms with Crippen LogP contribution in [0.2, 0.25) is 0 Å². The summed E-state index contributed by atoms with van der Waals surface area (Å²) < 4.78 is 0. The number of aryl methyl sites for hydroxylation is 1. The minimum absolute atomic E-state index is 0.245. The molecular weight excluding hydrogens is 344 g/mol. The van der Waals surface area contributed by atoms with Crippen molar-refractivity contribution < 1.29 is 10.1 Å². The van der Waals surface area contributed by atoms with Gasteiger partial charge < -0.3 is 0 Å². The summed E-state index contributed by atoms with van der Waals surface area (Å²) in [5.41, 5.74) is 8.65. The summed E-state index contributed by atoms with van der Waals surface area (Å²) in [5, 5.41) is 8.23. The minimum atomic E-state index is 0.245. The van der Waals surface area contributed by atoms with E-state index >= 15 is 0 Å². The van der Waals surface area contributed by atoms with E-state index in [9.17, 15) is 0 Å². The molecule has 2 aromatic rings. The number of allylic oxidation sites excluding steroid dienone is 2. The predicted molar refractivity (Wildman–Crippen MR) is 120 cm³/mol. The van der Waals surface area contributed by atoms with Crippen molar-refractivity contribution in [3.05, 3.63) is 76.4 Å². The van der Waals surface area contributed by atoms with Crippen molar-refractivity contribution in [2.75, 3.05) is 0 Å². The molecule has 0 heterocycles. The van der Waals surface area contributed by atoms with Crippen LogP contribution in [0.3, 0.4) is 0 Å². The summed E-state index contributed by atoms with van der Waals surface area (Å²) in [4.78, 5) is 4.04. The SMILES string of the molecule is C/C=C(/C)c1ccc(COO)cc1.Cc1ccc2c(c1)C(C)(C)CCC2(C)C. The first-order valence-electron chi connectivity index (χ1n) is 10.2. The van der Waals surface area contributed by atoms with Crippen molar-refractivity contribution >= 4 is 5.57 Å². The molecule has 2 aromatic carbocycles. The molecule has 0 amide bonds. The Morgan fingerprint density at radius 3 is 2.07 bits per heavy atom. The highest BCUT2D eigenvalue weighted by Crippen LogP contribution is 2.45. The predicted octanol–water partition coefficient (Wildman–Crippen LogP) is 7.44. The van der Waals surface area contributed by atoms with Crippen LogP contribution in [0.25, 0.3) is 5.57 Å². The second kappa shape index (κ2) is 9.07. The third-order valence-electron chi connectivity index (χ3n) is 6.08. The van der Waals surface area contributed by atoms with Gasteiger partial charge in [0.25, 0.3) is 0 Å². The molecule has 0 aromatic heterocycles. The second-order valence-corrected chi connectivity index (χ2v) is 9.26. The highest BCUT2D eigenvalue weighted by molar-refractivity contribution is 5.63. The zero-order chi connectivity index (χ0) is 20.9. The van der Waals surface area contributed by atoms with E-state index < -0.39 is 0 Å². The molecule has 0 aliphatic heterocycles. The molecular formula is C26H36O2. The summed E-state index contributed by atoms with van der Waals surface area (Å²) in [5.74, 6) is 0. The summed E-state index contributed by atoms with van der Waals surface area (Å²) in [6, 6.07) is 14.9. The second-order valence-electron chi connectivity index (χ2n) is 9.26. The normalized spacial score (nSPS) is 17.4.